The molecule has 1 aromatic carbocycles. The molecule has 0 spiro atoms. The van der Waals surface area contributed by atoms with Gasteiger partial charge in [0, 0.05) is 49.7 Å². The molecule has 6 nitrogen and oxygen atoms in total. The third-order valence-corrected chi connectivity index (χ3v) is 8.02. The van der Waals surface area contributed by atoms with Crippen LogP contribution >= 0.6 is 11.3 Å². The number of carbonyl (C=O) groups excluding carboxylic acids is 2. The first kappa shape index (κ1) is 25.9. The quantitative estimate of drug-likeness (QED) is 0.501. The van der Waals surface area contributed by atoms with Crippen LogP contribution in [0.2, 0.25) is 0 Å². The standard InChI is InChI=1S/C28H40N4O2S/c1-4-13-30-15-17-31(18-16-30)14-8-12-29-27(33)25-22-9-5-6-10-23(22)28(34)32(20-21(2)3)26(25)24-11-7-19-35-24/h5-7,9-11,19,21,25-26H,4,8,12-18,20H2,1-3H3,(H,29,33)/t25-,26+/m0/s1. The fourth-order valence-corrected chi connectivity index (χ4v) is 6.30. The molecule has 2 atom stereocenters. The summed E-state index contributed by atoms with van der Waals surface area (Å²) in [6.45, 7) is 14.5. The van der Waals surface area contributed by atoms with Gasteiger partial charge in [-0.2, -0.15) is 0 Å². The minimum absolute atomic E-state index is 0.0184. The molecule has 7 heteroatoms. The predicted molar refractivity (Wildman–Crippen MR) is 143 cm³/mol. The molecular weight excluding hydrogens is 456 g/mol. The molecule has 35 heavy (non-hydrogen) atoms. The van der Waals surface area contributed by atoms with Crippen LogP contribution in [0.1, 0.15) is 66.4 Å². The lowest BCUT2D eigenvalue weighted by Crippen LogP contribution is -2.49. The Labute approximate surface area is 214 Å². The van der Waals surface area contributed by atoms with Crippen LogP contribution < -0.4 is 5.32 Å². The van der Waals surface area contributed by atoms with Crippen LogP contribution in [0.3, 0.4) is 0 Å². The van der Waals surface area contributed by atoms with Crippen LogP contribution in [0.15, 0.2) is 41.8 Å². The normalized spacial score (nSPS) is 21.4. The van der Waals surface area contributed by atoms with Crippen molar-refractivity contribution in [2.45, 2.75) is 45.6 Å². The summed E-state index contributed by atoms with van der Waals surface area (Å²) in [7, 11) is 0. The van der Waals surface area contributed by atoms with E-state index in [4.69, 9.17) is 0 Å². The molecule has 0 saturated carbocycles. The lowest BCUT2D eigenvalue weighted by atomic mass is 9.81. The fraction of sp³-hybridized carbons (Fsp3) is 0.571. The van der Waals surface area contributed by atoms with Crippen molar-refractivity contribution in [3.8, 4) is 0 Å². The smallest absolute Gasteiger partial charge is 0.254 e. The molecule has 1 saturated heterocycles. The average Bonchev–Trinajstić information content (AvgIpc) is 3.39. The second kappa shape index (κ2) is 12.2. The fourth-order valence-electron chi connectivity index (χ4n) is 5.42. The minimum Gasteiger partial charge on any atom is -0.355 e. The molecule has 2 amide bonds. The highest BCUT2D eigenvalue weighted by Crippen LogP contribution is 2.44. The van der Waals surface area contributed by atoms with Crippen LogP contribution in [0.25, 0.3) is 0 Å². The SMILES string of the molecule is CCCN1CCN(CCCNC(=O)[C@H]2c3ccccc3C(=O)N(CC(C)C)[C@@H]2c2cccs2)CC1. The summed E-state index contributed by atoms with van der Waals surface area (Å²) < 4.78 is 0. The molecule has 2 aliphatic heterocycles. The first-order valence-corrected chi connectivity index (χ1v) is 14.0. The zero-order valence-corrected chi connectivity index (χ0v) is 22.2. The summed E-state index contributed by atoms with van der Waals surface area (Å²) in [5.74, 6) is -0.0455. The highest BCUT2D eigenvalue weighted by molar-refractivity contribution is 7.10. The van der Waals surface area contributed by atoms with Crippen molar-refractivity contribution < 1.29 is 9.59 Å². The van der Waals surface area contributed by atoms with Gasteiger partial charge in [-0.15, -0.1) is 11.3 Å². The first-order chi connectivity index (χ1) is 17.0. The number of rotatable bonds is 10. The summed E-state index contributed by atoms with van der Waals surface area (Å²) in [6.07, 6.45) is 2.15. The van der Waals surface area contributed by atoms with Gasteiger partial charge < -0.3 is 20.0 Å². The summed E-state index contributed by atoms with van der Waals surface area (Å²) >= 11 is 1.62. The Morgan fingerprint density at radius 1 is 1.06 bits per heavy atom. The molecule has 0 unspecified atom stereocenters. The maximum Gasteiger partial charge on any atom is 0.254 e. The summed E-state index contributed by atoms with van der Waals surface area (Å²) in [5, 5.41) is 5.26. The second-order valence-electron chi connectivity index (χ2n) is 10.2. The van der Waals surface area contributed by atoms with E-state index in [-0.39, 0.29) is 17.9 Å². The molecule has 1 fully saturated rings. The predicted octanol–water partition coefficient (Wildman–Crippen LogP) is 4.22. The summed E-state index contributed by atoms with van der Waals surface area (Å²) in [4.78, 5) is 35.3. The van der Waals surface area contributed by atoms with Crippen LogP contribution in [0, 0.1) is 5.92 Å². The van der Waals surface area contributed by atoms with Crippen LogP contribution in [-0.2, 0) is 4.79 Å². The van der Waals surface area contributed by atoms with Crippen LogP contribution in [0.4, 0.5) is 0 Å². The zero-order valence-electron chi connectivity index (χ0n) is 21.4. The molecule has 0 radical (unpaired) electrons. The van der Waals surface area contributed by atoms with Crippen LogP contribution in [0.5, 0.6) is 0 Å². The van der Waals surface area contributed by atoms with Gasteiger partial charge in [0.2, 0.25) is 5.91 Å². The molecule has 1 N–H and O–H groups in total. The molecule has 3 heterocycles. The van der Waals surface area contributed by atoms with Crippen molar-refractivity contribution in [2.75, 3.05) is 52.4 Å². The van der Waals surface area contributed by atoms with Gasteiger partial charge in [-0.05, 0) is 54.9 Å². The number of thiophene rings is 1. The van der Waals surface area contributed by atoms with Gasteiger partial charge in [0.1, 0.15) is 0 Å². The number of amides is 2. The molecule has 0 bridgehead atoms. The Bertz CT molecular complexity index is 969. The molecule has 4 rings (SSSR count). The van der Waals surface area contributed by atoms with Gasteiger partial charge in [0.25, 0.3) is 5.91 Å². The Hall–Kier alpha value is -2.22. The Morgan fingerprint density at radius 3 is 2.43 bits per heavy atom. The summed E-state index contributed by atoms with van der Waals surface area (Å²) in [5.41, 5.74) is 1.51. The van der Waals surface area contributed by atoms with E-state index in [0.29, 0.717) is 24.6 Å². The number of nitrogens with zero attached hydrogens (tertiary/aromatic N) is 3. The third kappa shape index (κ3) is 6.13. The maximum absolute atomic E-state index is 13.7. The molecule has 0 aliphatic carbocycles. The van der Waals surface area contributed by atoms with E-state index in [1.807, 2.05) is 40.6 Å². The van der Waals surface area contributed by atoms with Gasteiger partial charge in [0.15, 0.2) is 0 Å². The van der Waals surface area contributed by atoms with Gasteiger partial charge in [-0.3, -0.25) is 9.59 Å². The van der Waals surface area contributed by atoms with Crippen molar-refractivity contribution in [2.24, 2.45) is 5.92 Å². The minimum atomic E-state index is -0.404. The number of carbonyl (C=O) groups is 2. The van der Waals surface area contributed by atoms with Crippen molar-refractivity contribution in [1.29, 1.82) is 0 Å². The number of benzene rings is 1. The first-order valence-electron chi connectivity index (χ1n) is 13.1. The lowest BCUT2D eigenvalue weighted by molar-refractivity contribution is -0.124. The lowest BCUT2D eigenvalue weighted by Gasteiger charge is -2.42. The number of hydrogen-bond acceptors (Lipinski definition) is 5. The second-order valence-corrected chi connectivity index (χ2v) is 11.2. The van der Waals surface area contributed by atoms with Crippen molar-refractivity contribution in [3.63, 3.8) is 0 Å². The van der Waals surface area contributed by atoms with E-state index < -0.39 is 5.92 Å². The Kier molecular flexibility index (Phi) is 8.98. The van der Waals surface area contributed by atoms with Crippen LogP contribution in [-0.4, -0.2) is 78.9 Å². The monoisotopic (exact) mass is 496 g/mol. The molecule has 2 aromatic rings. The highest BCUT2D eigenvalue weighted by Gasteiger charge is 2.44. The number of nitrogens with one attached hydrogen (secondary N) is 1. The van der Waals surface area contributed by atoms with Gasteiger partial charge >= 0.3 is 0 Å². The Balaban J connectivity index is 1.45. The number of piperazine rings is 1. The van der Waals surface area contributed by atoms with E-state index in [1.165, 1.54) is 13.0 Å². The molecule has 1 aromatic heterocycles. The Morgan fingerprint density at radius 2 is 1.77 bits per heavy atom. The van der Waals surface area contributed by atoms with Crippen molar-refractivity contribution >= 4 is 23.2 Å². The molecular formula is C28H40N4O2S. The van der Waals surface area contributed by atoms with Gasteiger partial charge in [0.05, 0.1) is 12.0 Å². The molecule has 2 aliphatic rings. The maximum atomic E-state index is 13.7. The van der Waals surface area contributed by atoms with Crippen molar-refractivity contribution in [1.82, 2.24) is 20.0 Å². The third-order valence-electron chi connectivity index (χ3n) is 7.07. The van der Waals surface area contributed by atoms with Gasteiger partial charge in [-0.1, -0.05) is 45.0 Å². The van der Waals surface area contributed by atoms with Gasteiger partial charge in [-0.25, -0.2) is 0 Å². The number of fused-ring (bicyclic) bond motifs is 1. The average molecular weight is 497 g/mol. The van der Waals surface area contributed by atoms with E-state index in [9.17, 15) is 9.59 Å². The van der Waals surface area contributed by atoms with E-state index in [2.05, 4.69) is 42.0 Å². The van der Waals surface area contributed by atoms with E-state index in [0.717, 1.165) is 49.6 Å². The number of hydrogen-bond donors (Lipinski definition) is 1. The largest absolute Gasteiger partial charge is 0.355 e. The van der Waals surface area contributed by atoms with Crippen molar-refractivity contribution in [3.05, 3.63) is 57.8 Å². The van der Waals surface area contributed by atoms with E-state index in [1.54, 1.807) is 11.3 Å². The van der Waals surface area contributed by atoms with E-state index >= 15 is 0 Å². The summed E-state index contributed by atoms with van der Waals surface area (Å²) in [6, 6.07) is 11.5. The molecule has 190 valence electrons. The topological polar surface area (TPSA) is 55.9 Å². The highest BCUT2D eigenvalue weighted by atomic mass is 32.1. The zero-order chi connectivity index (χ0) is 24.8.